The van der Waals surface area contributed by atoms with Gasteiger partial charge in [0, 0.05) is 18.9 Å². The zero-order valence-corrected chi connectivity index (χ0v) is 11.1. The Hall–Kier alpha value is -0.780. The summed E-state index contributed by atoms with van der Waals surface area (Å²) in [7, 11) is 0. The summed E-state index contributed by atoms with van der Waals surface area (Å²) in [4.78, 5) is 24.9. The molecular weight excluding hydrogens is 246 g/mol. The molecule has 2 aliphatic carbocycles. The van der Waals surface area contributed by atoms with Crippen LogP contribution in [0.2, 0.25) is 0 Å². The highest BCUT2D eigenvalue weighted by Crippen LogP contribution is 2.40. The van der Waals surface area contributed by atoms with Crippen molar-refractivity contribution in [2.45, 2.75) is 38.1 Å². The van der Waals surface area contributed by atoms with Crippen LogP contribution in [0.25, 0.3) is 0 Å². The molecule has 1 heterocycles. The third-order valence-corrected chi connectivity index (χ3v) is 4.91. The molecule has 0 radical (unpaired) electrons. The van der Waals surface area contributed by atoms with Crippen LogP contribution in [-0.2, 0) is 14.3 Å². The van der Waals surface area contributed by atoms with Crippen LogP contribution < -0.4 is 0 Å². The quantitative estimate of drug-likeness (QED) is 0.719. The lowest BCUT2D eigenvalue weighted by Gasteiger charge is -2.42. The largest absolute Gasteiger partial charge is 0.378 e. The van der Waals surface area contributed by atoms with E-state index in [1.165, 1.54) is 0 Å². The molecule has 2 saturated carbocycles. The van der Waals surface area contributed by atoms with Gasteiger partial charge in [0.15, 0.2) is 0 Å². The number of ketones is 2. The van der Waals surface area contributed by atoms with E-state index in [9.17, 15) is 14.8 Å². The Morgan fingerprint density at radius 1 is 1.21 bits per heavy atom. The second-order valence-corrected chi connectivity index (χ2v) is 6.01. The molecule has 5 heteroatoms. The van der Waals surface area contributed by atoms with Crippen molar-refractivity contribution in [1.82, 2.24) is 5.06 Å². The third kappa shape index (κ3) is 2.35. The van der Waals surface area contributed by atoms with Crippen molar-refractivity contribution in [3.05, 3.63) is 0 Å². The Bertz CT molecular complexity index is 384. The van der Waals surface area contributed by atoms with E-state index in [-0.39, 0.29) is 30.0 Å². The minimum absolute atomic E-state index is 0.00250. The monoisotopic (exact) mass is 267 g/mol. The van der Waals surface area contributed by atoms with Crippen molar-refractivity contribution >= 4 is 11.6 Å². The number of Topliss-reactive ketones (excluding diaryl/α,β-unsaturated/α-hetero) is 2. The summed E-state index contributed by atoms with van der Waals surface area (Å²) < 4.78 is 5.33. The number of morpholine rings is 1. The van der Waals surface area contributed by atoms with Crippen LogP contribution in [0.4, 0.5) is 0 Å². The molecule has 1 N–H and O–H groups in total. The highest BCUT2D eigenvalue weighted by atomic mass is 16.5. The lowest BCUT2D eigenvalue weighted by atomic mass is 9.64. The van der Waals surface area contributed by atoms with E-state index in [0.29, 0.717) is 19.6 Å². The average Bonchev–Trinajstić information content (AvgIpc) is 2.41. The van der Waals surface area contributed by atoms with Crippen LogP contribution in [0.3, 0.4) is 0 Å². The summed E-state index contributed by atoms with van der Waals surface area (Å²) in [6.45, 7) is 1.10. The normalized spacial score (nSPS) is 41.1. The molecule has 1 aliphatic heterocycles. The van der Waals surface area contributed by atoms with E-state index in [0.717, 1.165) is 30.7 Å². The fourth-order valence-electron chi connectivity index (χ4n) is 3.89. The number of carbonyl (C=O) groups is 2. The molecule has 0 aromatic carbocycles. The number of hydrogen-bond donors (Lipinski definition) is 1. The molecule has 3 aliphatic rings. The summed E-state index contributed by atoms with van der Waals surface area (Å²) in [6.07, 6.45) is 4.62. The van der Waals surface area contributed by atoms with Gasteiger partial charge in [0.2, 0.25) is 0 Å². The Kier molecular flexibility index (Phi) is 3.69. The topological polar surface area (TPSA) is 66.8 Å². The molecule has 3 fully saturated rings. The minimum atomic E-state index is -0.676. The molecule has 0 spiro atoms. The second kappa shape index (κ2) is 5.31. The average molecular weight is 267 g/mol. The van der Waals surface area contributed by atoms with E-state index < -0.39 is 12.0 Å². The van der Waals surface area contributed by atoms with Crippen LogP contribution in [0, 0.1) is 17.8 Å². The first-order chi connectivity index (χ1) is 9.18. The summed E-state index contributed by atoms with van der Waals surface area (Å²) in [6, 6.07) is -0.475. The minimum Gasteiger partial charge on any atom is -0.378 e. The van der Waals surface area contributed by atoms with Crippen molar-refractivity contribution in [2.75, 3.05) is 19.8 Å². The lowest BCUT2D eigenvalue weighted by Crippen LogP contribution is -2.56. The smallest absolute Gasteiger partial charge is 0.148 e. The molecular formula is C14H21NO4. The van der Waals surface area contributed by atoms with Crippen molar-refractivity contribution in [2.24, 2.45) is 17.8 Å². The predicted octanol–water partition coefficient (Wildman–Crippen LogP) is 1.04. The Labute approximate surface area is 112 Å². The molecule has 19 heavy (non-hydrogen) atoms. The van der Waals surface area contributed by atoms with Crippen LogP contribution in [0.1, 0.15) is 32.1 Å². The van der Waals surface area contributed by atoms with Crippen LogP contribution in [0.15, 0.2) is 0 Å². The summed E-state index contributed by atoms with van der Waals surface area (Å²) in [5, 5.41) is 11.0. The standard InChI is InChI=1S/C14H21NO4/c16-12-7-9-3-1-2-4-10(9)14(17)13(12)11-8-19-6-5-15(11)18/h9-11,13,18H,1-8H2. The van der Waals surface area contributed by atoms with Gasteiger partial charge in [-0.3, -0.25) is 9.59 Å². The maximum Gasteiger partial charge on any atom is 0.148 e. The number of ether oxygens (including phenoxy) is 1. The van der Waals surface area contributed by atoms with Gasteiger partial charge in [-0.15, -0.1) is 0 Å². The molecule has 106 valence electrons. The maximum absolute atomic E-state index is 12.6. The number of fused-ring (bicyclic) bond motifs is 1. The number of hydrogen-bond acceptors (Lipinski definition) is 5. The van der Waals surface area contributed by atoms with E-state index in [1.807, 2.05) is 0 Å². The maximum atomic E-state index is 12.6. The predicted molar refractivity (Wildman–Crippen MR) is 66.7 cm³/mol. The van der Waals surface area contributed by atoms with Crippen LogP contribution in [0.5, 0.6) is 0 Å². The molecule has 5 nitrogen and oxygen atoms in total. The van der Waals surface area contributed by atoms with Crippen molar-refractivity contribution < 1.29 is 19.5 Å². The Morgan fingerprint density at radius 2 is 2.00 bits per heavy atom. The first-order valence-corrected chi connectivity index (χ1v) is 7.28. The third-order valence-electron chi connectivity index (χ3n) is 4.91. The van der Waals surface area contributed by atoms with E-state index >= 15 is 0 Å². The first-order valence-electron chi connectivity index (χ1n) is 7.28. The summed E-state index contributed by atoms with van der Waals surface area (Å²) in [5.41, 5.74) is 0. The summed E-state index contributed by atoms with van der Waals surface area (Å²) in [5.74, 6) is -0.337. The second-order valence-electron chi connectivity index (χ2n) is 6.01. The molecule has 0 amide bonds. The first kappa shape index (κ1) is 13.2. The van der Waals surface area contributed by atoms with E-state index in [2.05, 4.69) is 0 Å². The highest BCUT2D eigenvalue weighted by Gasteiger charge is 2.48. The zero-order valence-electron chi connectivity index (χ0n) is 11.1. The van der Waals surface area contributed by atoms with Gasteiger partial charge >= 0.3 is 0 Å². The SMILES string of the molecule is O=C1CC2CCCCC2C(=O)C1C1COCCN1O. The molecule has 0 bridgehead atoms. The Morgan fingerprint density at radius 3 is 2.79 bits per heavy atom. The lowest BCUT2D eigenvalue weighted by molar-refractivity contribution is -0.200. The van der Waals surface area contributed by atoms with Gasteiger partial charge in [0.25, 0.3) is 0 Å². The highest BCUT2D eigenvalue weighted by molar-refractivity contribution is 6.06. The zero-order chi connectivity index (χ0) is 13.4. The van der Waals surface area contributed by atoms with Gasteiger partial charge in [0.05, 0.1) is 25.2 Å². The number of rotatable bonds is 1. The van der Waals surface area contributed by atoms with Gasteiger partial charge in [-0.25, -0.2) is 0 Å². The van der Waals surface area contributed by atoms with E-state index in [4.69, 9.17) is 4.74 Å². The van der Waals surface area contributed by atoms with Crippen LogP contribution >= 0.6 is 0 Å². The summed E-state index contributed by atoms with van der Waals surface area (Å²) >= 11 is 0. The van der Waals surface area contributed by atoms with Crippen LogP contribution in [-0.4, -0.2) is 47.6 Å². The number of carbonyl (C=O) groups excluding carboxylic acids is 2. The number of hydroxylamine groups is 2. The van der Waals surface area contributed by atoms with E-state index in [1.54, 1.807) is 0 Å². The molecule has 0 aromatic heterocycles. The fourth-order valence-corrected chi connectivity index (χ4v) is 3.89. The van der Waals surface area contributed by atoms with Crippen molar-refractivity contribution in [1.29, 1.82) is 0 Å². The molecule has 4 atom stereocenters. The van der Waals surface area contributed by atoms with Gasteiger partial charge in [-0.1, -0.05) is 12.8 Å². The molecule has 3 rings (SSSR count). The number of nitrogens with zero attached hydrogens (tertiary/aromatic N) is 1. The van der Waals surface area contributed by atoms with Crippen molar-refractivity contribution in [3.8, 4) is 0 Å². The molecule has 4 unspecified atom stereocenters. The van der Waals surface area contributed by atoms with Crippen molar-refractivity contribution in [3.63, 3.8) is 0 Å². The van der Waals surface area contributed by atoms with Gasteiger partial charge in [0.1, 0.15) is 11.6 Å². The molecule has 0 aromatic rings. The van der Waals surface area contributed by atoms with Gasteiger partial charge in [-0.2, -0.15) is 5.06 Å². The van der Waals surface area contributed by atoms with Gasteiger partial charge < -0.3 is 9.94 Å². The molecule has 1 saturated heterocycles. The van der Waals surface area contributed by atoms with Gasteiger partial charge in [-0.05, 0) is 18.8 Å². The fraction of sp³-hybridized carbons (Fsp3) is 0.857. The Balaban J connectivity index is 1.80.